The molecule has 0 bridgehead atoms. The predicted octanol–water partition coefficient (Wildman–Crippen LogP) is 1.48. The zero-order chi connectivity index (χ0) is 11.4. The SMILES string of the molecule is CCn1cncc1-c1cc(CCCO)on1. The summed E-state index contributed by atoms with van der Waals surface area (Å²) in [4.78, 5) is 4.08. The smallest absolute Gasteiger partial charge is 0.137 e. The number of aryl methyl sites for hydroxylation is 2. The summed E-state index contributed by atoms with van der Waals surface area (Å²) in [7, 11) is 0. The van der Waals surface area contributed by atoms with E-state index in [0.29, 0.717) is 12.8 Å². The van der Waals surface area contributed by atoms with Crippen molar-refractivity contribution in [3.8, 4) is 11.4 Å². The monoisotopic (exact) mass is 221 g/mol. The third-order valence-corrected chi connectivity index (χ3v) is 2.46. The van der Waals surface area contributed by atoms with E-state index in [4.69, 9.17) is 9.63 Å². The van der Waals surface area contributed by atoms with Crippen LogP contribution in [0, 0.1) is 0 Å². The molecular formula is C11H15N3O2. The van der Waals surface area contributed by atoms with Gasteiger partial charge in [0.1, 0.15) is 11.5 Å². The summed E-state index contributed by atoms with van der Waals surface area (Å²) in [5.74, 6) is 0.799. The fourth-order valence-corrected chi connectivity index (χ4v) is 1.59. The Morgan fingerprint density at radius 1 is 1.50 bits per heavy atom. The number of aliphatic hydroxyl groups is 1. The maximum Gasteiger partial charge on any atom is 0.137 e. The van der Waals surface area contributed by atoms with Crippen molar-refractivity contribution >= 4 is 0 Å². The van der Waals surface area contributed by atoms with Crippen molar-refractivity contribution in [1.29, 1.82) is 0 Å². The average molecular weight is 221 g/mol. The number of rotatable bonds is 5. The van der Waals surface area contributed by atoms with Gasteiger partial charge < -0.3 is 14.2 Å². The summed E-state index contributed by atoms with van der Waals surface area (Å²) in [6.07, 6.45) is 4.96. The summed E-state index contributed by atoms with van der Waals surface area (Å²) in [5, 5.41) is 12.7. The third kappa shape index (κ3) is 2.14. The lowest BCUT2D eigenvalue weighted by Gasteiger charge is -1.99. The van der Waals surface area contributed by atoms with E-state index in [2.05, 4.69) is 17.1 Å². The summed E-state index contributed by atoms with van der Waals surface area (Å²) in [6, 6.07) is 1.90. The van der Waals surface area contributed by atoms with Crippen molar-refractivity contribution in [2.45, 2.75) is 26.3 Å². The quantitative estimate of drug-likeness (QED) is 0.830. The molecule has 0 atom stereocenters. The molecule has 2 heterocycles. The topological polar surface area (TPSA) is 64.1 Å². The summed E-state index contributed by atoms with van der Waals surface area (Å²) in [6.45, 7) is 3.08. The second-order valence-corrected chi connectivity index (χ2v) is 3.57. The molecule has 0 amide bonds. The van der Waals surface area contributed by atoms with Gasteiger partial charge >= 0.3 is 0 Å². The van der Waals surface area contributed by atoms with Crippen LogP contribution in [0.15, 0.2) is 23.1 Å². The van der Waals surface area contributed by atoms with E-state index in [0.717, 1.165) is 23.7 Å². The van der Waals surface area contributed by atoms with Gasteiger partial charge in [0.2, 0.25) is 0 Å². The molecule has 86 valence electrons. The molecule has 2 rings (SSSR count). The lowest BCUT2D eigenvalue weighted by atomic mass is 10.2. The van der Waals surface area contributed by atoms with E-state index in [1.165, 1.54) is 0 Å². The van der Waals surface area contributed by atoms with Gasteiger partial charge in [-0.25, -0.2) is 4.98 Å². The third-order valence-electron chi connectivity index (χ3n) is 2.46. The number of hydrogen-bond acceptors (Lipinski definition) is 4. The molecule has 2 aromatic heterocycles. The summed E-state index contributed by atoms with van der Waals surface area (Å²) >= 11 is 0. The molecule has 5 heteroatoms. The van der Waals surface area contributed by atoms with E-state index >= 15 is 0 Å². The first kappa shape index (κ1) is 10.9. The maximum absolute atomic E-state index is 8.72. The lowest BCUT2D eigenvalue weighted by Crippen LogP contribution is -1.94. The molecule has 0 aromatic carbocycles. The van der Waals surface area contributed by atoms with E-state index in [-0.39, 0.29) is 6.61 Å². The summed E-state index contributed by atoms with van der Waals surface area (Å²) < 4.78 is 7.20. The van der Waals surface area contributed by atoms with Crippen molar-refractivity contribution in [3.63, 3.8) is 0 Å². The molecule has 0 spiro atoms. The fourth-order valence-electron chi connectivity index (χ4n) is 1.59. The Labute approximate surface area is 93.7 Å². The highest BCUT2D eigenvalue weighted by Crippen LogP contribution is 2.19. The van der Waals surface area contributed by atoms with Crippen LogP contribution in [0.25, 0.3) is 11.4 Å². The molecule has 0 saturated carbocycles. The minimum Gasteiger partial charge on any atom is -0.396 e. The number of hydrogen-bond donors (Lipinski definition) is 1. The second-order valence-electron chi connectivity index (χ2n) is 3.57. The maximum atomic E-state index is 8.72. The highest BCUT2D eigenvalue weighted by atomic mass is 16.5. The molecule has 0 unspecified atom stereocenters. The first-order valence-corrected chi connectivity index (χ1v) is 5.42. The molecule has 0 radical (unpaired) electrons. The fraction of sp³-hybridized carbons (Fsp3) is 0.455. The van der Waals surface area contributed by atoms with Crippen molar-refractivity contribution < 1.29 is 9.63 Å². The van der Waals surface area contributed by atoms with Gasteiger partial charge in [-0.2, -0.15) is 0 Å². The predicted molar refractivity (Wildman–Crippen MR) is 58.8 cm³/mol. The standard InChI is InChI=1S/C11H15N3O2/c1-2-14-8-12-7-11(14)10-6-9(16-13-10)4-3-5-15/h6-8,15H,2-5H2,1H3. The van der Waals surface area contributed by atoms with E-state index in [1.807, 2.05) is 10.6 Å². The van der Waals surface area contributed by atoms with Crippen LogP contribution < -0.4 is 0 Å². The molecule has 0 saturated heterocycles. The Morgan fingerprint density at radius 2 is 2.38 bits per heavy atom. The van der Waals surface area contributed by atoms with Crippen molar-refractivity contribution in [1.82, 2.24) is 14.7 Å². The van der Waals surface area contributed by atoms with Gasteiger partial charge in [0.15, 0.2) is 0 Å². The minimum absolute atomic E-state index is 0.170. The van der Waals surface area contributed by atoms with Crippen molar-refractivity contribution in [2.24, 2.45) is 0 Å². The molecule has 0 aliphatic heterocycles. The number of aromatic nitrogens is 3. The molecule has 5 nitrogen and oxygen atoms in total. The molecular weight excluding hydrogens is 206 g/mol. The van der Waals surface area contributed by atoms with Crippen molar-refractivity contribution in [2.75, 3.05) is 6.61 Å². The van der Waals surface area contributed by atoms with Crippen LogP contribution in [0.4, 0.5) is 0 Å². The van der Waals surface area contributed by atoms with E-state index < -0.39 is 0 Å². The highest BCUT2D eigenvalue weighted by molar-refractivity contribution is 5.53. The highest BCUT2D eigenvalue weighted by Gasteiger charge is 2.09. The van der Waals surface area contributed by atoms with Gasteiger partial charge in [-0.1, -0.05) is 5.16 Å². The van der Waals surface area contributed by atoms with Crippen LogP contribution >= 0.6 is 0 Å². The van der Waals surface area contributed by atoms with Gasteiger partial charge in [-0.3, -0.25) is 0 Å². The van der Waals surface area contributed by atoms with Crippen LogP contribution in [0.3, 0.4) is 0 Å². The normalized spacial score (nSPS) is 10.9. The lowest BCUT2D eigenvalue weighted by molar-refractivity contribution is 0.280. The molecule has 0 aliphatic carbocycles. The zero-order valence-corrected chi connectivity index (χ0v) is 9.26. The van der Waals surface area contributed by atoms with Gasteiger partial charge in [-0.15, -0.1) is 0 Å². The Bertz CT molecular complexity index is 448. The van der Waals surface area contributed by atoms with Gasteiger partial charge in [0, 0.05) is 25.6 Å². The van der Waals surface area contributed by atoms with Gasteiger partial charge in [0.25, 0.3) is 0 Å². The number of nitrogens with zero attached hydrogens (tertiary/aromatic N) is 3. The molecule has 0 aliphatic rings. The van der Waals surface area contributed by atoms with Crippen LogP contribution in [0.1, 0.15) is 19.1 Å². The van der Waals surface area contributed by atoms with Crippen LogP contribution in [0.5, 0.6) is 0 Å². The molecule has 1 N–H and O–H groups in total. The number of aliphatic hydroxyl groups excluding tert-OH is 1. The minimum atomic E-state index is 0.170. The van der Waals surface area contributed by atoms with Crippen LogP contribution in [0.2, 0.25) is 0 Å². The Hall–Kier alpha value is -1.62. The summed E-state index contributed by atoms with van der Waals surface area (Å²) in [5.41, 5.74) is 1.76. The van der Waals surface area contributed by atoms with Gasteiger partial charge in [-0.05, 0) is 13.3 Å². The Morgan fingerprint density at radius 3 is 3.12 bits per heavy atom. The van der Waals surface area contributed by atoms with E-state index in [1.54, 1.807) is 12.5 Å². The molecule has 0 fully saturated rings. The number of imidazole rings is 1. The first-order chi connectivity index (χ1) is 7.85. The van der Waals surface area contributed by atoms with Crippen LogP contribution in [-0.2, 0) is 13.0 Å². The average Bonchev–Trinajstić information content (AvgIpc) is 2.94. The van der Waals surface area contributed by atoms with Crippen LogP contribution in [-0.4, -0.2) is 26.4 Å². The second kappa shape index (κ2) is 4.94. The Kier molecular flexibility index (Phi) is 3.36. The molecule has 2 aromatic rings. The first-order valence-electron chi connectivity index (χ1n) is 5.42. The van der Waals surface area contributed by atoms with E-state index in [9.17, 15) is 0 Å². The zero-order valence-electron chi connectivity index (χ0n) is 9.26. The Balaban J connectivity index is 2.18. The van der Waals surface area contributed by atoms with Crippen molar-refractivity contribution in [3.05, 3.63) is 24.4 Å². The van der Waals surface area contributed by atoms with Gasteiger partial charge in [0.05, 0.1) is 18.2 Å². The largest absolute Gasteiger partial charge is 0.396 e. The molecule has 16 heavy (non-hydrogen) atoms.